The van der Waals surface area contributed by atoms with Crippen LogP contribution in [0.3, 0.4) is 0 Å². The van der Waals surface area contributed by atoms with Crippen LogP contribution in [-0.2, 0) is 4.79 Å². The van der Waals surface area contributed by atoms with Crippen molar-refractivity contribution >= 4 is 28.9 Å². The summed E-state index contributed by atoms with van der Waals surface area (Å²) in [5.74, 6) is 0.00875. The molecule has 0 bridgehead atoms. The molecule has 82 valence electrons. The Morgan fingerprint density at radius 3 is 2.56 bits per heavy atom. The second-order valence-electron chi connectivity index (χ2n) is 3.39. The SMILES string of the molecule is CN=C1S/C(=C/c2ccccc2)C(=O)N1C. The maximum atomic E-state index is 11.8. The van der Waals surface area contributed by atoms with Gasteiger partial charge in [-0.05, 0) is 23.4 Å². The number of nitrogens with zero attached hydrogens (tertiary/aromatic N) is 2. The molecule has 0 spiro atoms. The predicted molar refractivity (Wildman–Crippen MR) is 68.1 cm³/mol. The molecule has 0 aromatic heterocycles. The lowest BCUT2D eigenvalue weighted by atomic mass is 10.2. The van der Waals surface area contributed by atoms with Crippen molar-refractivity contribution < 1.29 is 4.79 Å². The summed E-state index contributed by atoms with van der Waals surface area (Å²) in [7, 11) is 3.43. The highest BCUT2D eigenvalue weighted by Crippen LogP contribution is 2.30. The quantitative estimate of drug-likeness (QED) is 0.695. The van der Waals surface area contributed by atoms with Gasteiger partial charge in [-0.2, -0.15) is 0 Å². The molecule has 1 aliphatic heterocycles. The number of hydrogen-bond acceptors (Lipinski definition) is 3. The fourth-order valence-electron chi connectivity index (χ4n) is 1.45. The molecule has 0 saturated carbocycles. The van der Waals surface area contributed by atoms with E-state index in [9.17, 15) is 4.79 Å². The van der Waals surface area contributed by atoms with Gasteiger partial charge in [-0.1, -0.05) is 30.3 Å². The minimum atomic E-state index is 0.00875. The van der Waals surface area contributed by atoms with E-state index in [1.807, 2.05) is 36.4 Å². The van der Waals surface area contributed by atoms with Gasteiger partial charge in [0.05, 0.1) is 4.91 Å². The number of amidine groups is 1. The molecule has 3 nitrogen and oxygen atoms in total. The second kappa shape index (κ2) is 4.53. The maximum Gasteiger partial charge on any atom is 0.266 e. The molecule has 0 unspecified atom stereocenters. The largest absolute Gasteiger partial charge is 0.290 e. The third kappa shape index (κ3) is 2.02. The average molecular weight is 232 g/mol. The highest BCUT2D eigenvalue weighted by Gasteiger charge is 2.29. The molecule has 1 saturated heterocycles. The standard InChI is InChI=1S/C12H12N2OS/c1-13-12-14(2)11(15)10(16-12)8-9-6-4-3-5-7-9/h3-8H,1-2H3/b10-8+,13-12?. The van der Waals surface area contributed by atoms with Crippen molar-refractivity contribution in [1.29, 1.82) is 0 Å². The van der Waals surface area contributed by atoms with E-state index in [2.05, 4.69) is 4.99 Å². The molecule has 0 radical (unpaired) electrons. The number of benzene rings is 1. The lowest BCUT2D eigenvalue weighted by Crippen LogP contribution is -2.23. The van der Waals surface area contributed by atoms with Gasteiger partial charge in [0.2, 0.25) is 0 Å². The van der Waals surface area contributed by atoms with Crippen molar-refractivity contribution in [3.05, 3.63) is 40.8 Å². The first kappa shape index (κ1) is 11.0. The Morgan fingerprint density at radius 2 is 2.00 bits per heavy atom. The van der Waals surface area contributed by atoms with Gasteiger partial charge < -0.3 is 0 Å². The number of thioether (sulfide) groups is 1. The lowest BCUT2D eigenvalue weighted by Gasteiger charge is -2.04. The Morgan fingerprint density at radius 1 is 1.31 bits per heavy atom. The fourth-order valence-corrected chi connectivity index (χ4v) is 2.38. The molecule has 0 N–H and O–H groups in total. The molecule has 1 aromatic carbocycles. The van der Waals surface area contributed by atoms with Crippen molar-refractivity contribution in [1.82, 2.24) is 4.90 Å². The first-order valence-corrected chi connectivity index (χ1v) is 5.73. The van der Waals surface area contributed by atoms with Crippen LogP contribution in [0.4, 0.5) is 0 Å². The summed E-state index contributed by atoms with van der Waals surface area (Å²) in [5, 5.41) is 0.743. The Balaban J connectivity index is 2.31. The fraction of sp³-hybridized carbons (Fsp3) is 0.167. The molecule has 1 aromatic rings. The molecular weight excluding hydrogens is 220 g/mol. The summed E-state index contributed by atoms with van der Waals surface area (Å²) < 4.78 is 0. The summed E-state index contributed by atoms with van der Waals surface area (Å²) in [4.78, 5) is 18.2. The van der Waals surface area contributed by atoms with E-state index in [0.29, 0.717) is 4.91 Å². The number of likely N-dealkylation sites (N-methyl/N-ethyl adjacent to an activating group) is 1. The zero-order valence-corrected chi connectivity index (χ0v) is 9.99. The number of aliphatic imine (C=N–C) groups is 1. The molecule has 16 heavy (non-hydrogen) atoms. The highest BCUT2D eigenvalue weighted by molar-refractivity contribution is 8.18. The van der Waals surface area contributed by atoms with E-state index in [4.69, 9.17) is 0 Å². The molecule has 1 heterocycles. The number of carbonyl (C=O) groups is 1. The first-order valence-electron chi connectivity index (χ1n) is 4.92. The summed E-state index contributed by atoms with van der Waals surface area (Å²) >= 11 is 1.41. The van der Waals surface area contributed by atoms with Crippen molar-refractivity contribution in [3.8, 4) is 0 Å². The van der Waals surface area contributed by atoms with Gasteiger partial charge in [-0.3, -0.25) is 14.7 Å². The average Bonchev–Trinajstić information content (AvgIpc) is 2.58. The Labute approximate surface area is 98.9 Å². The van der Waals surface area contributed by atoms with Crippen LogP contribution in [0.15, 0.2) is 40.2 Å². The van der Waals surface area contributed by atoms with Crippen LogP contribution in [0.1, 0.15) is 5.56 Å². The molecule has 1 fully saturated rings. The molecule has 0 atom stereocenters. The minimum absolute atomic E-state index is 0.00875. The van der Waals surface area contributed by atoms with Crippen LogP contribution >= 0.6 is 11.8 Å². The summed E-state index contributed by atoms with van der Waals surface area (Å²) in [6.45, 7) is 0. The Bertz CT molecular complexity index is 465. The van der Waals surface area contributed by atoms with Crippen LogP contribution in [0, 0.1) is 0 Å². The molecule has 1 amide bonds. The normalized spacial score (nSPS) is 21.1. The molecule has 0 aliphatic carbocycles. The minimum Gasteiger partial charge on any atom is -0.290 e. The highest BCUT2D eigenvalue weighted by atomic mass is 32.2. The van der Waals surface area contributed by atoms with Gasteiger partial charge in [0.25, 0.3) is 5.91 Å². The molecule has 2 rings (SSSR count). The van der Waals surface area contributed by atoms with Gasteiger partial charge >= 0.3 is 0 Å². The molecular formula is C12H12N2OS. The number of hydrogen-bond donors (Lipinski definition) is 0. The van der Waals surface area contributed by atoms with Crippen LogP contribution < -0.4 is 0 Å². The summed E-state index contributed by atoms with van der Waals surface area (Å²) in [5.41, 5.74) is 1.03. The van der Waals surface area contributed by atoms with Crippen molar-refractivity contribution in [2.24, 2.45) is 4.99 Å². The van der Waals surface area contributed by atoms with Gasteiger partial charge in [0, 0.05) is 14.1 Å². The predicted octanol–water partition coefficient (Wildman–Crippen LogP) is 2.22. The van der Waals surface area contributed by atoms with Crippen LogP contribution in [0.25, 0.3) is 6.08 Å². The number of carbonyl (C=O) groups excluding carboxylic acids is 1. The summed E-state index contributed by atoms with van der Waals surface area (Å²) in [6.07, 6.45) is 1.89. The van der Waals surface area contributed by atoms with Gasteiger partial charge in [-0.15, -0.1) is 0 Å². The monoisotopic (exact) mass is 232 g/mol. The number of rotatable bonds is 1. The summed E-state index contributed by atoms with van der Waals surface area (Å²) in [6, 6.07) is 9.81. The third-order valence-corrected chi connectivity index (χ3v) is 3.44. The van der Waals surface area contributed by atoms with Crippen LogP contribution in [0.2, 0.25) is 0 Å². The van der Waals surface area contributed by atoms with E-state index in [0.717, 1.165) is 10.7 Å². The smallest absolute Gasteiger partial charge is 0.266 e. The second-order valence-corrected chi connectivity index (χ2v) is 4.40. The maximum absolute atomic E-state index is 11.8. The van der Waals surface area contributed by atoms with E-state index in [-0.39, 0.29) is 5.91 Å². The van der Waals surface area contributed by atoms with Crippen molar-refractivity contribution in [2.75, 3.05) is 14.1 Å². The Hall–Kier alpha value is -1.55. The van der Waals surface area contributed by atoms with Crippen molar-refractivity contribution in [3.63, 3.8) is 0 Å². The van der Waals surface area contributed by atoms with E-state index in [1.54, 1.807) is 19.0 Å². The third-order valence-electron chi connectivity index (χ3n) is 2.29. The van der Waals surface area contributed by atoms with Crippen LogP contribution in [-0.4, -0.2) is 30.1 Å². The zero-order chi connectivity index (χ0) is 11.5. The first-order chi connectivity index (χ1) is 7.72. The van der Waals surface area contributed by atoms with E-state index in [1.165, 1.54) is 11.8 Å². The number of amides is 1. The Kier molecular flexibility index (Phi) is 3.10. The lowest BCUT2D eigenvalue weighted by molar-refractivity contribution is -0.121. The topological polar surface area (TPSA) is 32.7 Å². The van der Waals surface area contributed by atoms with Gasteiger partial charge in [0.1, 0.15) is 0 Å². The van der Waals surface area contributed by atoms with Crippen LogP contribution in [0.5, 0.6) is 0 Å². The van der Waals surface area contributed by atoms with Crippen molar-refractivity contribution in [2.45, 2.75) is 0 Å². The van der Waals surface area contributed by atoms with Gasteiger partial charge in [-0.25, -0.2) is 0 Å². The van der Waals surface area contributed by atoms with Gasteiger partial charge in [0.15, 0.2) is 5.17 Å². The van der Waals surface area contributed by atoms with E-state index < -0.39 is 0 Å². The molecule has 4 heteroatoms. The zero-order valence-electron chi connectivity index (χ0n) is 9.18. The van der Waals surface area contributed by atoms with E-state index >= 15 is 0 Å². The molecule has 1 aliphatic rings.